The summed E-state index contributed by atoms with van der Waals surface area (Å²) in [6, 6.07) is 0. The molecule has 1 aromatic rings. The molecule has 0 amide bonds. The summed E-state index contributed by atoms with van der Waals surface area (Å²) < 4.78 is 29.9. The molecule has 0 aliphatic heterocycles. The lowest BCUT2D eigenvalue weighted by molar-refractivity contribution is 0.0513. The topological polar surface area (TPSA) is 59.4 Å². The monoisotopic (exact) mass is 231 g/mol. The molecule has 88 valence electrons. The van der Waals surface area contributed by atoms with E-state index < -0.39 is 29.3 Å². The number of carbonyl (C=O) groups is 1. The lowest BCUT2D eigenvalue weighted by atomic mass is 10.1. The van der Waals surface area contributed by atoms with Crippen molar-refractivity contribution in [2.75, 3.05) is 6.61 Å². The molecule has 4 nitrogen and oxygen atoms in total. The maximum absolute atomic E-state index is 12.7. The highest BCUT2D eigenvalue weighted by molar-refractivity contribution is 5.91. The fourth-order valence-electron chi connectivity index (χ4n) is 1.21. The molecule has 1 N–H and O–H groups in total. The second-order valence-corrected chi connectivity index (χ2v) is 3.04. The van der Waals surface area contributed by atoms with Gasteiger partial charge in [0.05, 0.1) is 23.4 Å². The Morgan fingerprint density at radius 3 is 2.75 bits per heavy atom. The number of aromatic nitrogens is 1. The van der Waals surface area contributed by atoms with Gasteiger partial charge in [0.1, 0.15) is 5.75 Å². The van der Waals surface area contributed by atoms with Crippen LogP contribution in [0.25, 0.3) is 0 Å². The number of nitrogens with zero attached hydrogens (tertiary/aromatic N) is 1. The van der Waals surface area contributed by atoms with E-state index in [9.17, 15) is 18.7 Å². The van der Waals surface area contributed by atoms with Gasteiger partial charge in [-0.15, -0.1) is 0 Å². The molecular weight excluding hydrogens is 220 g/mol. The Kier molecular flexibility index (Phi) is 3.76. The number of aromatic hydroxyl groups is 1. The summed E-state index contributed by atoms with van der Waals surface area (Å²) in [7, 11) is 0. The van der Waals surface area contributed by atoms with E-state index >= 15 is 0 Å². The first kappa shape index (κ1) is 12.4. The summed E-state index contributed by atoms with van der Waals surface area (Å²) in [5.74, 6) is -1.58. The van der Waals surface area contributed by atoms with Gasteiger partial charge in [-0.05, 0) is 13.8 Å². The number of alkyl halides is 2. The predicted molar refractivity (Wildman–Crippen MR) is 51.6 cm³/mol. The molecule has 6 heteroatoms. The van der Waals surface area contributed by atoms with Crippen LogP contribution in [0, 0.1) is 6.92 Å². The van der Waals surface area contributed by atoms with Gasteiger partial charge in [-0.3, -0.25) is 4.98 Å². The van der Waals surface area contributed by atoms with Crippen molar-refractivity contribution in [3.05, 3.63) is 23.0 Å². The summed E-state index contributed by atoms with van der Waals surface area (Å²) in [6.45, 7) is 2.99. The minimum Gasteiger partial charge on any atom is -0.506 e. The molecule has 0 atom stereocenters. The van der Waals surface area contributed by atoms with Gasteiger partial charge in [-0.1, -0.05) is 0 Å². The van der Waals surface area contributed by atoms with Crippen LogP contribution in [0.5, 0.6) is 5.75 Å². The summed E-state index contributed by atoms with van der Waals surface area (Å²) in [4.78, 5) is 15.0. The molecule has 0 aromatic carbocycles. The third-order valence-electron chi connectivity index (χ3n) is 1.99. The Bertz CT molecular complexity index is 407. The molecule has 0 bridgehead atoms. The zero-order valence-electron chi connectivity index (χ0n) is 8.83. The second kappa shape index (κ2) is 4.87. The van der Waals surface area contributed by atoms with Gasteiger partial charge in [-0.25, -0.2) is 13.6 Å². The Labute approximate surface area is 90.9 Å². The van der Waals surface area contributed by atoms with Gasteiger partial charge in [0, 0.05) is 6.20 Å². The Balaban J connectivity index is 3.28. The Hall–Kier alpha value is -1.72. The zero-order chi connectivity index (χ0) is 12.3. The van der Waals surface area contributed by atoms with Crippen LogP contribution in [-0.4, -0.2) is 22.7 Å². The lowest BCUT2D eigenvalue weighted by Gasteiger charge is -2.10. The van der Waals surface area contributed by atoms with E-state index in [4.69, 9.17) is 0 Å². The van der Waals surface area contributed by atoms with Crippen molar-refractivity contribution >= 4 is 5.97 Å². The van der Waals surface area contributed by atoms with E-state index in [0.29, 0.717) is 0 Å². The van der Waals surface area contributed by atoms with E-state index in [1.165, 1.54) is 6.92 Å². The van der Waals surface area contributed by atoms with E-state index in [1.807, 2.05) is 0 Å². The number of rotatable bonds is 3. The number of aryl methyl sites for hydroxylation is 1. The summed E-state index contributed by atoms with van der Waals surface area (Å²) in [5.41, 5.74) is -1.09. The van der Waals surface area contributed by atoms with Gasteiger partial charge in [0.25, 0.3) is 6.43 Å². The molecule has 0 aliphatic rings. The maximum Gasteiger partial charge on any atom is 0.340 e. The SMILES string of the molecule is CCOC(=O)c1cnc(C)c(O)c1C(F)F. The number of hydrogen-bond donors (Lipinski definition) is 1. The predicted octanol–water partition coefficient (Wildman–Crippen LogP) is 2.21. The zero-order valence-corrected chi connectivity index (χ0v) is 8.83. The molecule has 0 aliphatic carbocycles. The molecule has 16 heavy (non-hydrogen) atoms. The van der Waals surface area contributed by atoms with Crippen LogP contribution in [0.4, 0.5) is 8.78 Å². The molecule has 0 radical (unpaired) electrons. The molecule has 1 aromatic heterocycles. The van der Waals surface area contributed by atoms with Crippen molar-refractivity contribution in [3.8, 4) is 5.75 Å². The minimum absolute atomic E-state index is 0.0448. The highest BCUT2D eigenvalue weighted by Gasteiger charge is 2.25. The Morgan fingerprint density at radius 2 is 2.25 bits per heavy atom. The van der Waals surface area contributed by atoms with E-state index in [2.05, 4.69) is 9.72 Å². The summed E-state index contributed by atoms with van der Waals surface area (Å²) in [6.07, 6.45) is -1.98. The second-order valence-electron chi connectivity index (χ2n) is 3.04. The summed E-state index contributed by atoms with van der Waals surface area (Å²) >= 11 is 0. The first-order chi connectivity index (χ1) is 7.49. The third-order valence-corrected chi connectivity index (χ3v) is 1.99. The van der Waals surface area contributed by atoms with Crippen molar-refractivity contribution < 1.29 is 23.4 Å². The molecule has 0 saturated carbocycles. The van der Waals surface area contributed by atoms with Gasteiger partial charge < -0.3 is 9.84 Å². The van der Waals surface area contributed by atoms with Crippen LogP contribution >= 0.6 is 0 Å². The van der Waals surface area contributed by atoms with E-state index in [0.717, 1.165) is 6.20 Å². The van der Waals surface area contributed by atoms with Crippen molar-refractivity contribution in [1.82, 2.24) is 4.98 Å². The average Bonchev–Trinajstić information content (AvgIpc) is 2.21. The quantitative estimate of drug-likeness (QED) is 0.810. The number of pyridine rings is 1. The van der Waals surface area contributed by atoms with E-state index in [-0.39, 0.29) is 12.3 Å². The van der Waals surface area contributed by atoms with Crippen molar-refractivity contribution in [2.45, 2.75) is 20.3 Å². The summed E-state index contributed by atoms with van der Waals surface area (Å²) in [5, 5.41) is 9.42. The molecule has 1 heterocycles. The first-order valence-corrected chi connectivity index (χ1v) is 4.62. The van der Waals surface area contributed by atoms with Crippen molar-refractivity contribution in [1.29, 1.82) is 0 Å². The van der Waals surface area contributed by atoms with Crippen LogP contribution in [0.15, 0.2) is 6.20 Å². The van der Waals surface area contributed by atoms with E-state index in [1.54, 1.807) is 6.92 Å². The molecule has 1 rings (SSSR count). The fraction of sp³-hybridized carbons (Fsp3) is 0.400. The number of carbonyl (C=O) groups excluding carboxylic acids is 1. The van der Waals surface area contributed by atoms with Crippen LogP contribution in [0.3, 0.4) is 0 Å². The largest absolute Gasteiger partial charge is 0.506 e. The minimum atomic E-state index is -2.96. The number of halogens is 2. The van der Waals surface area contributed by atoms with Gasteiger partial charge >= 0.3 is 5.97 Å². The first-order valence-electron chi connectivity index (χ1n) is 4.62. The molecule has 0 unspecified atom stereocenters. The highest BCUT2D eigenvalue weighted by atomic mass is 19.3. The molecular formula is C10H11F2NO3. The van der Waals surface area contributed by atoms with Crippen molar-refractivity contribution in [2.24, 2.45) is 0 Å². The van der Waals surface area contributed by atoms with Gasteiger partial charge in [-0.2, -0.15) is 0 Å². The van der Waals surface area contributed by atoms with Crippen LogP contribution in [-0.2, 0) is 4.74 Å². The number of esters is 1. The Morgan fingerprint density at radius 1 is 1.62 bits per heavy atom. The fourth-order valence-corrected chi connectivity index (χ4v) is 1.21. The van der Waals surface area contributed by atoms with Crippen LogP contribution < -0.4 is 0 Å². The normalized spacial score (nSPS) is 10.6. The highest BCUT2D eigenvalue weighted by Crippen LogP contribution is 2.33. The molecule has 0 saturated heterocycles. The maximum atomic E-state index is 12.7. The lowest BCUT2D eigenvalue weighted by Crippen LogP contribution is -2.10. The molecule has 0 spiro atoms. The third kappa shape index (κ3) is 2.26. The average molecular weight is 231 g/mol. The van der Waals surface area contributed by atoms with Gasteiger partial charge in [0.2, 0.25) is 0 Å². The smallest absolute Gasteiger partial charge is 0.340 e. The standard InChI is InChI=1S/C10H11F2NO3/c1-3-16-10(15)6-4-13-5(2)8(14)7(6)9(11)12/h4,9,14H,3H2,1-2H3. The van der Waals surface area contributed by atoms with Crippen LogP contribution in [0.2, 0.25) is 0 Å². The van der Waals surface area contributed by atoms with Gasteiger partial charge in [0.15, 0.2) is 0 Å². The molecule has 0 fully saturated rings. The number of ether oxygens (including phenoxy) is 1. The van der Waals surface area contributed by atoms with Crippen molar-refractivity contribution in [3.63, 3.8) is 0 Å². The number of hydrogen-bond acceptors (Lipinski definition) is 4. The van der Waals surface area contributed by atoms with Crippen LogP contribution in [0.1, 0.15) is 35.0 Å².